The molecule has 1 saturated carbocycles. The van der Waals surface area contributed by atoms with Gasteiger partial charge in [-0.15, -0.1) is 0 Å². The number of allylic oxidation sites excluding steroid dienone is 5. The Morgan fingerprint density at radius 1 is 0.905 bits per heavy atom. The number of carbonyl (C=O) groups excluding carboxylic acids is 4. The van der Waals surface area contributed by atoms with Gasteiger partial charge in [-0.25, -0.2) is 4.79 Å². The molecule has 8 unspecified atom stereocenters. The lowest BCUT2D eigenvalue weighted by molar-refractivity contribution is -0.265. The molecule has 3 rings (SSSR count). The van der Waals surface area contributed by atoms with Crippen molar-refractivity contribution in [1.29, 1.82) is 0 Å². The predicted octanol–water partition coefficient (Wildman–Crippen LogP) is 9.59. The van der Waals surface area contributed by atoms with Crippen molar-refractivity contribution < 1.29 is 51.5 Å². The minimum Gasteiger partial charge on any atom is -0.480 e. The summed E-state index contributed by atoms with van der Waals surface area (Å²) in [7, 11) is 3.40. The number of hydrogen-bond donors (Lipinski definition) is 2. The van der Waals surface area contributed by atoms with Gasteiger partial charge in [-0.3, -0.25) is 19.2 Å². The summed E-state index contributed by atoms with van der Waals surface area (Å²) in [5.74, 6) is -4.17. The fourth-order valence-corrected chi connectivity index (χ4v) is 10.5. The first-order valence-corrected chi connectivity index (χ1v) is 24.6. The topological polar surface area (TPSA) is 166 Å². The number of methoxy groups -OCH3 is 2. The van der Waals surface area contributed by atoms with E-state index in [-0.39, 0.29) is 48.7 Å². The van der Waals surface area contributed by atoms with Crippen LogP contribution in [0.1, 0.15) is 151 Å². The highest BCUT2D eigenvalue weighted by Crippen LogP contribution is 2.37. The number of carboxylic acids is 1. The molecule has 63 heavy (non-hydrogen) atoms. The van der Waals surface area contributed by atoms with Crippen molar-refractivity contribution >= 4 is 52.2 Å². The Balaban J connectivity index is 1.40. The Bertz CT molecular complexity index is 1580. The fourth-order valence-electron chi connectivity index (χ4n) is 9.78. The summed E-state index contributed by atoms with van der Waals surface area (Å²) in [6, 6.07) is -1.10. The van der Waals surface area contributed by atoms with Crippen LogP contribution in [0.25, 0.3) is 0 Å². The highest BCUT2D eigenvalue weighted by Gasteiger charge is 2.52. The first-order valence-electron chi connectivity index (χ1n) is 23.7. The second kappa shape index (κ2) is 27.4. The molecule has 0 bridgehead atoms. The van der Waals surface area contributed by atoms with Crippen LogP contribution in [0.5, 0.6) is 0 Å². The SMILES string of the molecule is COC1CC(C[C@@H](C)CCC(=O)[C@H](C)CC(C)C(CC(=O)C(C)CC/C=C/C=C/C=C(\C)[C@H](C[C@@H]2CCC(C)C(O)(C(=O)C(=O)N3CCCCC3C(=O)O)O2)OC)OI)CC[C@H]1C. The fraction of sp³-hybridized carbons (Fsp3) is 0.780. The highest BCUT2D eigenvalue weighted by atomic mass is 127. The average molecular weight is 998 g/mol. The molecule has 3 fully saturated rings. The van der Waals surface area contributed by atoms with Crippen LogP contribution in [0.15, 0.2) is 36.0 Å². The van der Waals surface area contributed by atoms with Crippen LogP contribution in [0.3, 0.4) is 0 Å². The van der Waals surface area contributed by atoms with Gasteiger partial charge >= 0.3 is 5.97 Å². The second-order valence-electron chi connectivity index (χ2n) is 19.4. The Morgan fingerprint density at radius 2 is 1.63 bits per heavy atom. The normalized spacial score (nSPS) is 28.9. The highest BCUT2D eigenvalue weighted by molar-refractivity contribution is 14.1. The minimum absolute atomic E-state index is 0.0745. The van der Waals surface area contributed by atoms with Crippen LogP contribution < -0.4 is 0 Å². The Hall–Kier alpha value is -2.30. The summed E-state index contributed by atoms with van der Waals surface area (Å²) in [6.45, 7) is 14.3. The van der Waals surface area contributed by atoms with Gasteiger partial charge in [-0.05, 0) is 120 Å². The monoisotopic (exact) mass is 997 g/mol. The number of likely N-dealkylation sites (tertiary alicyclic amines) is 1. The molecular formula is C50H80INO11. The van der Waals surface area contributed by atoms with Crippen molar-refractivity contribution in [3.63, 3.8) is 0 Å². The number of rotatable bonds is 26. The number of halogens is 1. The molecule has 1 amide bonds. The quantitative estimate of drug-likeness (QED) is 0.0482. The molecule has 0 aromatic carbocycles. The number of ketones is 3. The van der Waals surface area contributed by atoms with E-state index in [0.717, 1.165) is 36.2 Å². The predicted molar refractivity (Wildman–Crippen MR) is 253 cm³/mol. The number of hydrogen-bond acceptors (Lipinski definition) is 10. The number of piperidine rings is 1. The van der Waals surface area contributed by atoms with Crippen LogP contribution in [-0.2, 0) is 41.2 Å². The molecule has 0 spiro atoms. The van der Waals surface area contributed by atoms with Crippen molar-refractivity contribution in [3.8, 4) is 0 Å². The first kappa shape index (κ1) is 55.0. The molecule has 0 aromatic rings. The van der Waals surface area contributed by atoms with Crippen molar-refractivity contribution in [2.45, 2.75) is 187 Å². The van der Waals surface area contributed by atoms with Crippen LogP contribution in [0.2, 0.25) is 0 Å². The van der Waals surface area contributed by atoms with E-state index in [1.807, 2.05) is 81.3 Å². The zero-order valence-electron chi connectivity index (χ0n) is 39.7. The largest absolute Gasteiger partial charge is 0.480 e. The number of aliphatic carboxylic acids is 1. The smallest absolute Gasteiger partial charge is 0.326 e. The van der Waals surface area contributed by atoms with Gasteiger partial charge in [0.05, 0.1) is 24.4 Å². The maximum atomic E-state index is 13.4. The summed E-state index contributed by atoms with van der Waals surface area (Å²) < 4.78 is 23.2. The molecule has 3 aliphatic rings. The van der Waals surface area contributed by atoms with E-state index in [9.17, 15) is 34.2 Å². The number of ether oxygens (including phenoxy) is 3. The van der Waals surface area contributed by atoms with Crippen LogP contribution in [0.4, 0.5) is 0 Å². The molecule has 358 valence electrons. The molecular weight excluding hydrogens is 917 g/mol. The minimum atomic E-state index is -2.35. The molecule has 13 heteroatoms. The van der Waals surface area contributed by atoms with Gasteiger partial charge in [0.15, 0.2) is 0 Å². The maximum Gasteiger partial charge on any atom is 0.326 e. The van der Waals surface area contributed by atoms with Crippen LogP contribution >= 0.6 is 23.0 Å². The molecule has 0 radical (unpaired) electrons. The van der Waals surface area contributed by atoms with Gasteiger partial charge in [0.2, 0.25) is 5.79 Å². The molecule has 13 atom stereocenters. The van der Waals surface area contributed by atoms with E-state index in [1.54, 1.807) is 14.0 Å². The lowest BCUT2D eigenvalue weighted by atomic mass is 9.76. The summed E-state index contributed by atoms with van der Waals surface area (Å²) in [5, 5.41) is 21.1. The zero-order chi connectivity index (χ0) is 46.9. The van der Waals surface area contributed by atoms with E-state index in [2.05, 4.69) is 20.8 Å². The van der Waals surface area contributed by atoms with Gasteiger partial charge in [-0.2, -0.15) is 0 Å². The molecule has 2 saturated heterocycles. The van der Waals surface area contributed by atoms with E-state index in [1.165, 1.54) is 12.8 Å². The zero-order valence-corrected chi connectivity index (χ0v) is 41.9. The van der Waals surface area contributed by atoms with E-state index in [4.69, 9.17) is 17.3 Å². The third-order valence-electron chi connectivity index (χ3n) is 14.4. The standard InChI is InChI=1S/C50H80INO11/c1-32(27-39-23-21-35(4)44(29-39)60-8)20-25-42(53)36(5)28-37(6)46(63-51)31-43(54)33(2)17-13-11-10-12-14-18-34(3)45(61-9)30-40-24-22-38(7)50(59,62-40)47(55)48(56)52-26-16-15-19-41(52)49(57)58/h10-12,14,18,32-33,35-41,44-46,59H,13,15-17,19-31H2,1-9H3,(H,57,58)/b11-10+,14-12+,34-18+/t32-,33?,35+,36+,37?,38?,39?,40-,41?,44?,45-,46?,50?/m0/s1. The van der Waals surface area contributed by atoms with Crippen LogP contribution in [-0.4, -0.2) is 101 Å². The molecule has 2 heterocycles. The number of carboxylic acid groups (broad SMARTS) is 1. The summed E-state index contributed by atoms with van der Waals surface area (Å²) >= 11 is 1.90. The van der Waals surface area contributed by atoms with Crippen molar-refractivity contribution in [1.82, 2.24) is 4.90 Å². The Labute approximate surface area is 392 Å². The molecule has 12 nitrogen and oxygen atoms in total. The number of carbonyl (C=O) groups is 5. The van der Waals surface area contributed by atoms with Crippen molar-refractivity contribution in [3.05, 3.63) is 36.0 Å². The third kappa shape index (κ3) is 16.8. The van der Waals surface area contributed by atoms with Gasteiger partial charge in [0.1, 0.15) is 40.6 Å². The summed E-state index contributed by atoms with van der Waals surface area (Å²) in [6.07, 6.45) is 20.4. The molecule has 1 aliphatic carbocycles. The Kier molecular flexibility index (Phi) is 23.9. The lowest BCUT2D eigenvalue weighted by Gasteiger charge is -2.42. The second-order valence-corrected chi connectivity index (χ2v) is 20.0. The van der Waals surface area contributed by atoms with Gasteiger partial charge in [-0.1, -0.05) is 71.9 Å². The number of nitrogens with zero attached hydrogens (tertiary/aromatic N) is 1. The molecule has 0 aromatic heterocycles. The molecule has 2 N–H and O–H groups in total. The van der Waals surface area contributed by atoms with Gasteiger partial charge in [0.25, 0.3) is 11.7 Å². The first-order chi connectivity index (χ1) is 29.9. The van der Waals surface area contributed by atoms with Gasteiger partial charge < -0.3 is 32.4 Å². The van der Waals surface area contributed by atoms with Gasteiger partial charge in [0, 0.05) is 57.8 Å². The summed E-state index contributed by atoms with van der Waals surface area (Å²) in [4.78, 5) is 65.9. The summed E-state index contributed by atoms with van der Waals surface area (Å²) in [5.41, 5.74) is 0.905. The van der Waals surface area contributed by atoms with E-state index in [0.29, 0.717) is 87.4 Å². The van der Waals surface area contributed by atoms with E-state index < -0.39 is 41.5 Å². The number of aliphatic hydroxyl groups is 1. The van der Waals surface area contributed by atoms with Crippen LogP contribution in [0, 0.1) is 41.4 Å². The lowest BCUT2D eigenvalue weighted by Crippen LogP contribution is -2.60. The number of Topliss-reactive ketones (excluding diaryl/α,β-unsaturated/α-hetero) is 3. The maximum absolute atomic E-state index is 13.4. The average Bonchev–Trinajstić information content (AvgIpc) is 3.26. The molecule has 2 aliphatic heterocycles. The van der Waals surface area contributed by atoms with E-state index >= 15 is 0 Å². The van der Waals surface area contributed by atoms with Crippen molar-refractivity contribution in [2.24, 2.45) is 41.4 Å². The number of amides is 1. The van der Waals surface area contributed by atoms with Crippen molar-refractivity contribution in [2.75, 3.05) is 20.8 Å². The Morgan fingerprint density at radius 3 is 2.30 bits per heavy atom. The third-order valence-corrected chi connectivity index (χ3v) is 15.0.